The van der Waals surface area contributed by atoms with Gasteiger partial charge in [0.15, 0.2) is 5.78 Å². The molecule has 0 amide bonds. The summed E-state index contributed by atoms with van der Waals surface area (Å²) in [5, 5.41) is 0. The molecule has 1 rings (SSSR count). The summed E-state index contributed by atoms with van der Waals surface area (Å²) in [4.78, 5) is 10.8. The Bertz CT molecular complexity index is 378. The summed E-state index contributed by atoms with van der Waals surface area (Å²) in [6, 6.07) is 7.73. The maximum absolute atomic E-state index is 10.8. The second-order valence-corrected chi connectivity index (χ2v) is 4.22. The molecule has 0 atom stereocenters. The number of ketones is 1. The first kappa shape index (κ1) is 12.5. The van der Waals surface area contributed by atoms with E-state index < -0.39 is 0 Å². The molecule has 0 aliphatic rings. The van der Waals surface area contributed by atoms with Crippen LogP contribution in [0.4, 0.5) is 0 Å². The van der Waals surface area contributed by atoms with Gasteiger partial charge < -0.3 is 4.74 Å². The number of carbonyl (C=O) groups excluding carboxylic acids is 1. The van der Waals surface area contributed by atoms with E-state index in [4.69, 9.17) is 4.74 Å². The van der Waals surface area contributed by atoms with Gasteiger partial charge in [0.25, 0.3) is 0 Å². The van der Waals surface area contributed by atoms with Gasteiger partial charge >= 0.3 is 0 Å². The van der Waals surface area contributed by atoms with E-state index in [0.29, 0.717) is 12.5 Å². The van der Waals surface area contributed by atoms with Crippen molar-refractivity contribution in [1.29, 1.82) is 0 Å². The van der Waals surface area contributed by atoms with Crippen LogP contribution in [0.2, 0.25) is 0 Å². The molecule has 0 fully saturated rings. The van der Waals surface area contributed by atoms with Crippen molar-refractivity contribution < 1.29 is 9.53 Å². The number of carbonyl (C=O) groups is 1. The molecule has 0 bridgehead atoms. The second kappa shape index (κ2) is 6.11. The molecule has 2 heteroatoms. The lowest BCUT2D eigenvalue weighted by Gasteiger charge is -2.08. The van der Waals surface area contributed by atoms with Gasteiger partial charge in [0, 0.05) is 0 Å². The normalized spacial score (nSPS) is 11.0. The SMILES string of the molecule is CC(=O)/C=C/c1cccc(OCC(C)C)c1. The molecule has 0 unspecified atom stereocenters. The predicted molar refractivity (Wildman–Crippen MR) is 66.5 cm³/mol. The molecule has 0 saturated heterocycles. The molecule has 86 valence electrons. The van der Waals surface area contributed by atoms with Crippen LogP contribution in [-0.2, 0) is 4.79 Å². The molecular formula is C14H18O2. The monoisotopic (exact) mass is 218 g/mol. The summed E-state index contributed by atoms with van der Waals surface area (Å²) in [6.45, 7) is 6.47. The van der Waals surface area contributed by atoms with Crippen molar-refractivity contribution >= 4 is 11.9 Å². The van der Waals surface area contributed by atoms with Gasteiger partial charge in [0.05, 0.1) is 6.61 Å². The maximum Gasteiger partial charge on any atom is 0.152 e. The van der Waals surface area contributed by atoms with Crippen LogP contribution in [0.3, 0.4) is 0 Å². The molecule has 1 aromatic rings. The van der Waals surface area contributed by atoms with Crippen molar-refractivity contribution in [2.45, 2.75) is 20.8 Å². The summed E-state index contributed by atoms with van der Waals surface area (Å²) in [5.74, 6) is 1.41. The Morgan fingerprint density at radius 2 is 2.19 bits per heavy atom. The molecule has 0 radical (unpaired) electrons. The number of benzene rings is 1. The molecular weight excluding hydrogens is 200 g/mol. The molecule has 0 aliphatic heterocycles. The lowest BCUT2D eigenvalue weighted by atomic mass is 10.2. The number of ether oxygens (including phenoxy) is 1. The highest BCUT2D eigenvalue weighted by molar-refractivity contribution is 5.91. The highest BCUT2D eigenvalue weighted by atomic mass is 16.5. The van der Waals surface area contributed by atoms with E-state index in [1.165, 1.54) is 6.92 Å². The largest absolute Gasteiger partial charge is 0.493 e. The Balaban J connectivity index is 2.67. The predicted octanol–water partition coefficient (Wildman–Crippen LogP) is 3.32. The smallest absolute Gasteiger partial charge is 0.152 e. The molecule has 0 saturated carbocycles. The zero-order valence-corrected chi connectivity index (χ0v) is 10.1. The average Bonchev–Trinajstić information content (AvgIpc) is 2.24. The van der Waals surface area contributed by atoms with Crippen molar-refractivity contribution in [3.05, 3.63) is 35.9 Å². The standard InChI is InChI=1S/C14H18O2/c1-11(2)10-16-14-6-4-5-13(9-14)8-7-12(3)15/h4-9,11H,10H2,1-3H3/b8-7+. The Hall–Kier alpha value is -1.57. The molecule has 0 heterocycles. The minimum Gasteiger partial charge on any atom is -0.493 e. The van der Waals surface area contributed by atoms with Gasteiger partial charge in [0.2, 0.25) is 0 Å². The van der Waals surface area contributed by atoms with Crippen molar-refractivity contribution in [3.8, 4) is 5.75 Å². The zero-order chi connectivity index (χ0) is 12.0. The lowest BCUT2D eigenvalue weighted by molar-refractivity contribution is -0.112. The van der Waals surface area contributed by atoms with Gasteiger partial charge in [0.1, 0.15) is 5.75 Å². The minimum absolute atomic E-state index is 0.0495. The Morgan fingerprint density at radius 3 is 2.81 bits per heavy atom. The van der Waals surface area contributed by atoms with E-state index in [2.05, 4.69) is 13.8 Å². The number of hydrogen-bond acceptors (Lipinski definition) is 2. The van der Waals surface area contributed by atoms with Crippen LogP contribution < -0.4 is 4.74 Å². The number of rotatable bonds is 5. The molecule has 0 spiro atoms. The van der Waals surface area contributed by atoms with Gasteiger partial charge in [-0.05, 0) is 36.6 Å². The van der Waals surface area contributed by atoms with Crippen LogP contribution in [0.5, 0.6) is 5.75 Å². The highest BCUT2D eigenvalue weighted by Gasteiger charge is 1.97. The van der Waals surface area contributed by atoms with Crippen LogP contribution in [0.15, 0.2) is 30.3 Å². The third kappa shape index (κ3) is 4.78. The van der Waals surface area contributed by atoms with Crippen molar-refractivity contribution in [2.75, 3.05) is 6.61 Å². The number of hydrogen-bond donors (Lipinski definition) is 0. The summed E-state index contributed by atoms with van der Waals surface area (Å²) in [5.41, 5.74) is 0.983. The van der Waals surface area contributed by atoms with E-state index >= 15 is 0 Å². The van der Waals surface area contributed by atoms with E-state index in [9.17, 15) is 4.79 Å². The van der Waals surface area contributed by atoms with Crippen LogP contribution in [0.1, 0.15) is 26.3 Å². The summed E-state index contributed by atoms with van der Waals surface area (Å²) < 4.78 is 5.60. The van der Waals surface area contributed by atoms with Crippen LogP contribution in [-0.4, -0.2) is 12.4 Å². The molecule has 0 N–H and O–H groups in total. The molecule has 1 aromatic carbocycles. The van der Waals surface area contributed by atoms with Crippen molar-refractivity contribution in [3.63, 3.8) is 0 Å². The third-order valence-corrected chi connectivity index (χ3v) is 1.95. The molecule has 2 nitrogen and oxygen atoms in total. The Labute approximate surface area is 96.9 Å². The fourth-order valence-corrected chi connectivity index (χ4v) is 1.18. The molecule has 0 aromatic heterocycles. The first-order chi connectivity index (χ1) is 7.58. The summed E-state index contributed by atoms with van der Waals surface area (Å²) in [6.07, 6.45) is 3.35. The molecule has 16 heavy (non-hydrogen) atoms. The second-order valence-electron chi connectivity index (χ2n) is 4.22. The maximum atomic E-state index is 10.8. The summed E-state index contributed by atoms with van der Waals surface area (Å²) in [7, 11) is 0. The van der Waals surface area contributed by atoms with Crippen molar-refractivity contribution in [1.82, 2.24) is 0 Å². The van der Waals surface area contributed by atoms with Gasteiger partial charge in [-0.3, -0.25) is 4.79 Å². The van der Waals surface area contributed by atoms with Gasteiger partial charge in [-0.2, -0.15) is 0 Å². The quantitative estimate of drug-likeness (QED) is 0.709. The van der Waals surface area contributed by atoms with Crippen LogP contribution in [0, 0.1) is 5.92 Å². The minimum atomic E-state index is 0.0495. The Kier molecular flexibility index (Phi) is 4.77. The van der Waals surface area contributed by atoms with E-state index in [0.717, 1.165) is 11.3 Å². The summed E-state index contributed by atoms with van der Waals surface area (Å²) >= 11 is 0. The first-order valence-electron chi connectivity index (χ1n) is 5.49. The van der Waals surface area contributed by atoms with Gasteiger partial charge in [-0.25, -0.2) is 0 Å². The first-order valence-corrected chi connectivity index (χ1v) is 5.49. The average molecular weight is 218 g/mol. The Morgan fingerprint density at radius 1 is 1.44 bits per heavy atom. The van der Waals surface area contributed by atoms with Crippen molar-refractivity contribution in [2.24, 2.45) is 5.92 Å². The van der Waals surface area contributed by atoms with E-state index in [-0.39, 0.29) is 5.78 Å². The van der Waals surface area contributed by atoms with E-state index in [1.807, 2.05) is 24.3 Å². The van der Waals surface area contributed by atoms with Crippen LogP contribution in [0.25, 0.3) is 6.08 Å². The topological polar surface area (TPSA) is 26.3 Å². The fourth-order valence-electron chi connectivity index (χ4n) is 1.18. The fraction of sp³-hybridized carbons (Fsp3) is 0.357. The van der Waals surface area contributed by atoms with E-state index in [1.54, 1.807) is 12.2 Å². The van der Waals surface area contributed by atoms with Gasteiger partial charge in [-0.15, -0.1) is 0 Å². The third-order valence-electron chi connectivity index (χ3n) is 1.95. The lowest BCUT2D eigenvalue weighted by Crippen LogP contribution is -2.04. The number of allylic oxidation sites excluding steroid dienone is 1. The zero-order valence-electron chi connectivity index (χ0n) is 10.1. The highest BCUT2D eigenvalue weighted by Crippen LogP contribution is 2.15. The van der Waals surface area contributed by atoms with Crippen LogP contribution >= 0.6 is 0 Å². The molecule has 0 aliphatic carbocycles. The van der Waals surface area contributed by atoms with Gasteiger partial charge in [-0.1, -0.05) is 32.1 Å².